The van der Waals surface area contributed by atoms with Gasteiger partial charge in [0.2, 0.25) is 5.95 Å². The first kappa shape index (κ1) is 15.1. The van der Waals surface area contributed by atoms with Crippen molar-refractivity contribution in [2.75, 3.05) is 11.4 Å². The van der Waals surface area contributed by atoms with Crippen LogP contribution in [0.2, 0.25) is 0 Å². The molecule has 0 bridgehead atoms. The molecule has 7 heteroatoms. The minimum Gasteiger partial charge on any atom is -0.308 e. The lowest BCUT2D eigenvalue weighted by Crippen LogP contribution is -2.30. The standard InChI is InChI=1S/C17H11BrN4OS/c18-12-8-13(24-10-12)7-11(9-19)16(23)22-6-5-21-15-4-2-1-3-14(15)20-17(21)22/h1-4,7-8,10H,5-6H2/b11-7+. The fraction of sp³-hybridized carbons (Fsp3) is 0.118. The van der Waals surface area contributed by atoms with E-state index in [2.05, 4.69) is 20.9 Å². The number of aromatic nitrogens is 2. The molecule has 0 fully saturated rings. The lowest BCUT2D eigenvalue weighted by atomic mass is 10.2. The molecule has 0 saturated heterocycles. The highest BCUT2D eigenvalue weighted by atomic mass is 79.9. The molecular weight excluding hydrogens is 388 g/mol. The Bertz CT molecular complexity index is 1030. The first-order valence-corrected chi connectivity index (χ1v) is 8.97. The van der Waals surface area contributed by atoms with Crippen LogP contribution in [0, 0.1) is 11.3 Å². The lowest BCUT2D eigenvalue weighted by Gasteiger charge is -2.12. The van der Waals surface area contributed by atoms with Gasteiger partial charge in [-0.2, -0.15) is 5.26 Å². The predicted molar refractivity (Wildman–Crippen MR) is 97.7 cm³/mol. The van der Waals surface area contributed by atoms with E-state index in [9.17, 15) is 10.1 Å². The average molecular weight is 399 g/mol. The Balaban J connectivity index is 1.71. The van der Waals surface area contributed by atoms with Crippen LogP contribution >= 0.6 is 27.3 Å². The molecule has 24 heavy (non-hydrogen) atoms. The molecule has 3 aromatic rings. The minimum atomic E-state index is -0.309. The summed E-state index contributed by atoms with van der Waals surface area (Å²) in [6.45, 7) is 1.21. The van der Waals surface area contributed by atoms with Crippen molar-refractivity contribution >= 4 is 56.2 Å². The molecule has 118 valence electrons. The fourth-order valence-electron chi connectivity index (χ4n) is 2.82. The molecule has 0 saturated carbocycles. The first-order chi connectivity index (χ1) is 11.7. The van der Waals surface area contributed by atoms with Gasteiger partial charge in [-0.25, -0.2) is 4.98 Å². The summed E-state index contributed by atoms with van der Waals surface area (Å²) in [6, 6.07) is 11.7. The second kappa shape index (κ2) is 5.89. The Morgan fingerprint density at radius 3 is 2.96 bits per heavy atom. The first-order valence-electron chi connectivity index (χ1n) is 7.30. The summed E-state index contributed by atoms with van der Waals surface area (Å²) in [5.41, 5.74) is 1.98. The van der Waals surface area contributed by atoms with Crippen LogP contribution in [-0.2, 0) is 11.3 Å². The molecule has 0 atom stereocenters. The molecular formula is C17H11BrN4OS. The van der Waals surface area contributed by atoms with E-state index in [0.717, 1.165) is 20.4 Å². The number of imidazole rings is 1. The largest absolute Gasteiger partial charge is 0.308 e. The van der Waals surface area contributed by atoms with Crippen LogP contribution in [0.15, 0.2) is 45.8 Å². The van der Waals surface area contributed by atoms with Crippen LogP contribution in [-0.4, -0.2) is 22.0 Å². The van der Waals surface area contributed by atoms with Crippen molar-refractivity contribution in [2.24, 2.45) is 0 Å². The zero-order valence-electron chi connectivity index (χ0n) is 12.4. The van der Waals surface area contributed by atoms with E-state index >= 15 is 0 Å². The summed E-state index contributed by atoms with van der Waals surface area (Å²) in [4.78, 5) is 19.8. The number of hydrogen-bond donors (Lipinski definition) is 0. The monoisotopic (exact) mass is 398 g/mol. The van der Waals surface area contributed by atoms with Crippen LogP contribution in [0.5, 0.6) is 0 Å². The van der Waals surface area contributed by atoms with E-state index in [0.29, 0.717) is 19.0 Å². The second-order valence-electron chi connectivity index (χ2n) is 5.35. The van der Waals surface area contributed by atoms with Crippen molar-refractivity contribution in [3.05, 3.63) is 50.6 Å². The molecule has 0 unspecified atom stereocenters. The number of halogens is 1. The zero-order chi connectivity index (χ0) is 16.7. The van der Waals surface area contributed by atoms with Crippen LogP contribution in [0.3, 0.4) is 0 Å². The van der Waals surface area contributed by atoms with Gasteiger partial charge in [-0.05, 0) is 40.2 Å². The quantitative estimate of drug-likeness (QED) is 0.486. The summed E-state index contributed by atoms with van der Waals surface area (Å²) >= 11 is 4.85. The summed E-state index contributed by atoms with van der Waals surface area (Å²) in [7, 11) is 0. The lowest BCUT2D eigenvalue weighted by molar-refractivity contribution is -0.114. The van der Waals surface area contributed by atoms with Gasteiger partial charge in [0.05, 0.1) is 11.0 Å². The number of hydrogen-bond acceptors (Lipinski definition) is 4. The van der Waals surface area contributed by atoms with Crippen molar-refractivity contribution < 1.29 is 4.79 Å². The number of rotatable bonds is 2. The van der Waals surface area contributed by atoms with Gasteiger partial charge in [-0.1, -0.05) is 12.1 Å². The van der Waals surface area contributed by atoms with E-state index in [1.807, 2.05) is 46.3 Å². The molecule has 4 rings (SSSR count). The molecule has 5 nitrogen and oxygen atoms in total. The fourth-order valence-corrected chi connectivity index (χ4v) is 4.19. The van der Waals surface area contributed by atoms with Crippen LogP contribution in [0.1, 0.15) is 4.88 Å². The Labute approximate surface area is 150 Å². The van der Waals surface area contributed by atoms with Gasteiger partial charge in [-0.3, -0.25) is 9.69 Å². The topological polar surface area (TPSA) is 61.9 Å². The SMILES string of the molecule is N#C/C(=C\c1cc(Br)cs1)C(=O)N1CCn2c1nc1ccccc12. The van der Waals surface area contributed by atoms with Gasteiger partial charge in [0.25, 0.3) is 5.91 Å². The van der Waals surface area contributed by atoms with Gasteiger partial charge in [-0.15, -0.1) is 11.3 Å². The van der Waals surface area contributed by atoms with E-state index in [1.54, 1.807) is 11.0 Å². The minimum absolute atomic E-state index is 0.116. The number of nitriles is 1. The van der Waals surface area contributed by atoms with Crippen molar-refractivity contribution in [3.63, 3.8) is 0 Å². The number of thiophene rings is 1. The number of nitrogens with zero attached hydrogens (tertiary/aromatic N) is 4. The number of anilines is 1. The maximum absolute atomic E-state index is 12.8. The van der Waals surface area contributed by atoms with Crippen LogP contribution in [0.25, 0.3) is 17.1 Å². The van der Waals surface area contributed by atoms with Crippen molar-refractivity contribution in [1.29, 1.82) is 5.26 Å². The number of amides is 1. The molecule has 1 amide bonds. The van der Waals surface area contributed by atoms with Crippen LogP contribution in [0.4, 0.5) is 5.95 Å². The summed E-state index contributed by atoms with van der Waals surface area (Å²) in [5, 5.41) is 11.3. The highest BCUT2D eigenvalue weighted by Crippen LogP contribution is 2.29. The van der Waals surface area contributed by atoms with Gasteiger partial charge in [0.15, 0.2) is 0 Å². The van der Waals surface area contributed by atoms with Crippen LogP contribution < -0.4 is 4.90 Å². The predicted octanol–water partition coefficient (Wildman–Crippen LogP) is 3.81. The molecule has 2 aromatic heterocycles. The molecule has 0 aliphatic carbocycles. The van der Waals surface area contributed by atoms with Crippen molar-refractivity contribution in [2.45, 2.75) is 6.54 Å². The average Bonchev–Trinajstić information content (AvgIpc) is 3.26. The summed E-state index contributed by atoms with van der Waals surface area (Å²) in [5.74, 6) is 0.297. The Kier molecular flexibility index (Phi) is 3.71. The normalized spacial score (nSPS) is 14.0. The smallest absolute Gasteiger partial charge is 0.271 e. The molecule has 0 radical (unpaired) electrons. The number of para-hydroxylation sites is 2. The maximum atomic E-state index is 12.8. The van der Waals surface area contributed by atoms with E-state index in [1.165, 1.54) is 11.3 Å². The molecule has 0 N–H and O–H groups in total. The number of carbonyl (C=O) groups excluding carboxylic acids is 1. The summed E-state index contributed by atoms with van der Waals surface area (Å²) in [6.07, 6.45) is 1.63. The highest BCUT2D eigenvalue weighted by Gasteiger charge is 2.30. The van der Waals surface area contributed by atoms with Gasteiger partial charge in [0, 0.05) is 27.8 Å². The highest BCUT2D eigenvalue weighted by molar-refractivity contribution is 9.10. The van der Waals surface area contributed by atoms with Gasteiger partial charge >= 0.3 is 0 Å². The third-order valence-electron chi connectivity index (χ3n) is 3.89. The van der Waals surface area contributed by atoms with E-state index in [4.69, 9.17) is 0 Å². The molecule has 3 heterocycles. The summed E-state index contributed by atoms with van der Waals surface area (Å²) < 4.78 is 2.95. The number of fused-ring (bicyclic) bond motifs is 3. The number of carbonyl (C=O) groups is 1. The molecule has 1 aromatic carbocycles. The van der Waals surface area contributed by atoms with E-state index < -0.39 is 0 Å². The Morgan fingerprint density at radius 2 is 2.21 bits per heavy atom. The number of benzene rings is 1. The molecule has 1 aliphatic heterocycles. The van der Waals surface area contributed by atoms with Crippen molar-refractivity contribution in [3.8, 4) is 6.07 Å². The third kappa shape index (κ3) is 2.44. The Morgan fingerprint density at radius 1 is 1.38 bits per heavy atom. The van der Waals surface area contributed by atoms with E-state index in [-0.39, 0.29) is 11.5 Å². The second-order valence-corrected chi connectivity index (χ2v) is 7.20. The van der Waals surface area contributed by atoms with Gasteiger partial charge < -0.3 is 4.57 Å². The molecule has 1 aliphatic rings. The Hall–Kier alpha value is -2.43. The third-order valence-corrected chi connectivity index (χ3v) is 5.53. The van der Waals surface area contributed by atoms with Gasteiger partial charge in [0.1, 0.15) is 11.6 Å². The molecule has 0 spiro atoms. The zero-order valence-corrected chi connectivity index (χ0v) is 14.8. The maximum Gasteiger partial charge on any atom is 0.271 e. The van der Waals surface area contributed by atoms with Crippen molar-refractivity contribution in [1.82, 2.24) is 9.55 Å².